The fraction of sp³-hybridized carbons (Fsp3) is 0.438. The lowest BCUT2D eigenvalue weighted by Crippen LogP contribution is -2.31. The average molecular weight is 334 g/mol. The van der Waals surface area contributed by atoms with Crippen LogP contribution in [-0.4, -0.2) is 43.6 Å². The molecule has 1 aliphatic heterocycles. The number of oxime groups is 1. The Hall–Kier alpha value is -2.77. The summed E-state index contributed by atoms with van der Waals surface area (Å²) in [4.78, 5) is 27.8. The summed E-state index contributed by atoms with van der Waals surface area (Å²) in [6, 6.07) is 5.62. The molecule has 8 heteroatoms. The lowest BCUT2D eigenvalue weighted by atomic mass is 10.1. The van der Waals surface area contributed by atoms with Crippen molar-refractivity contribution in [2.24, 2.45) is 5.16 Å². The standard InChI is InChI=1S/C16H18N2O6/c1-10(11-2-5-13-14(6-11)23-9-22-13)18-24-8-16(20)21-7-15(19)17-12-3-4-12/h2,5-6,12H,3-4,7-9H2,1H3,(H,17,19)/b18-10-. The molecule has 2 aliphatic rings. The van der Waals surface area contributed by atoms with Gasteiger partial charge in [-0.3, -0.25) is 4.79 Å². The van der Waals surface area contributed by atoms with Crippen LogP contribution in [0.3, 0.4) is 0 Å². The van der Waals surface area contributed by atoms with Crippen molar-refractivity contribution in [1.29, 1.82) is 0 Å². The SMILES string of the molecule is C/C(=N/OCC(=O)OCC(=O)NC1CC1)c1ccc2c(c1)OCO2. The summed E-state index contributed by atoms with van der Waals surface area (Å²) in [7, 11) is 0. The molecule has 24 heavy (non-hydrogen) atoms. The van der Waals surface area contributed by atoms with Crippen LogP contribution in [0, 0.1) is 0 Å². The number of carbonyl (C=O) groups excluding carboxylic acids is 2. The number of esters is 1. The van der Waals surface area contributed by atoms with Gasteiger partial charge < -0.3 is 24.4 Å². The Morgan fingerprint density at radius 1 is 1.25 bits per heavy atom. The van der Waals surface area contributed by atoms with Crippen molar-refractivity contribution < 1.29 is 28.6 Å². The first-order valence-corrected chi connectivity index (χ1v) is 7.63. The molecule has 1 N–H and O–H groups in total. The number of ether oxygens (including phenoxy) is 3. The van der Waals surface area contributed by atoms with E-state index in [0.717, 1.165) is 18.4 Å². The highest BCUT2D eigenvalue weighted by atomic mass is 16.7. The van der Waals surface area contributed by atoms with Crippen LogP contribution in [0.15, 0.2) is 23.4 Å². The molecular weight excluding hydrogens is 316 g/mol. The van der Waals surface area contributed by atoms with E-state index in [9.17, 15) is 9.59 Å². The van der Waals surface area contributed by atoms with E-state index in [-0.39, 0.29) is 32.0 Å². The highest BCUT2D eigenvalue weighted by Crippen LogP contribution is 2.32. The van der Waals surface area contributed by atoms with Crippen molar-refractivity contribution in [2.75, 3.05) is 20.0 Å². The molecule has 1 heterocycles. The Morgan fingerprint density at radius 2 is 2.04 bits per heavy atom. The van der Waals surface area contributed by atoms with Crippen molar-refractivity contribution in [3.8, 4) is 11.5 Å². The molecule has 1 amide bonds. The topological polar surface area (TPSA) is 95.5 Å². The maximum atomic E-state index is 11.5. The van der Waals surface area contributed by atoms with Gasteiger partial charge >= 0.3 is 5.97 Å². The van der Waals surface area contributed by atoms with E-state index in [2.05, 4.69) is 10.5 Å². The molecule has 0 bridgehead atoms. The lowest BCUT2D eigenvalue weighted by Gasteiger charge is -2.05. The van der Waals surface area contributed by atoms with E-state index in [1.54, 1.807) is 19.1 Å². The van der Waals surface area contributed by atoms with Gasteiger partial charge in [-0.15, -0.1) is 0 Å². The fourth-order valence-corrected chi connectivity index (χ4v) is 2.04. The molecule has 128 valence electrons. The predicted octanol–water partition coefficient (Wildman–Crippen LogP) is 0.978. The van der Waals surface area contributed by atoms with Crippen LogP contribution in [0.25, 0.3) is 0 Å². The Labute approximate surface area is 138 Å². The second-order valence-corrected chi connectivity index (χ2v) is 5.52. The molecule has 3 rings (SSSR count). The number of hydrogen-bond donors (Lipinski definition) is 1. The van der Waals surface area contributed by atoms with Crippen LogP contribution in [0.4, 0.5) is 0 Å². The Morgan fingerprint density at radius 3 is 2.83 bits per heavy atom. The first-order valence-electron chi connectivity index (χ1n) is 7.63. The third-order valence-corrected chi connectivity index (χ3v) is 3.48. The number of hydrogen-bond acceptors (Lipinski definition) is 7. The molecule has 1 aromatic rings. The number of nitrogens with one attached hydrogen (secondary N) is 1. The number of nitrogens with zero attached hydrogens (tertiary/aromatic N) is 1. The van der Waals surface area contributed by atoms with Crippen LogP contribution in [0.2, 0.25) is 0 Å². The third kappa shape index (κ3) is 4.37. The number of fused-ring (bicyclic) bond motifs is 1. The summed E-state index contributed by atoms with van der Waals surface area (Å²) in [5.41, 5.74) is 1.36. The summed E-state index contributed by atoms with van der Waals surface area (Å²) in [5.74, 6) is 0.373. The van der Waals surface area contributed by atoms with Gasteiger partial charge in [0.05, 0.1) is 5.71 Å². The van der Waals surface area contributed by atoms with Crippen molar-refractivity contribution in [3.63, 3.8) is 0 Å². The van der Waals surface area contributed by atoms with Gasteiger partial charge in [0.1, 0.15) is 0 Å². The Bertz CT molecular complexity index is 669. The van der Waals surface area contributed by atoms with Crippen molar-refractivity contribution in [2.45, 2.75) is 25.8 Å². The van der Waals surface area contributed by atoms with Gasteiger partial charge in [-0.05, 0) is 38.0 Å². The van der Waals surface area contributed by atoms with E-state index >= 15 is 0 Å². The van der Waals surface area contributed by atoms with Gasteiger partial charge in [-0.2, -0.15) is 0 Å². The molecule has 0 radical (unpaired) electrons. The van der Waals surface area contributed by atoms with Crippen molar-refractivity contribution >= 4 is 17.6 Å². The molecule has 1 saturated carbocycles. The van der Waals surface area contributed by atoms with Crippen LogP contribution in [0.1, 0.15) is 25.3 Å². The quantitative estimate of drug-likeness (QED) is 0.454. The van der Waals surface area contributed by atoms with Gasteiger partial charge in [-0.1, -0.05) is 5.16 Å². The lowest BCUT2D eigenvalue weighted by molar-refractivity contribution is -0.152. The maximum Gasteiger partial charge on any atom is 0.347 e. The number of benzene rings is 1. The van der Waals surface area contributed by atoms with E-state index in [4.69, 9.17) is 19.0 Å². The van der Waals surface area contributed by atoms with E-state index < -0.39 is 5.97 Å². The molecular formula is C16H18N2O6. The molecule has 1 aromatic carbocycles. The Kier molecular flexibility index (Phi) is 4.83. The van der Waals surface area contributed by atoms with E-state index in [0.29, 0.717) is 17.2 Å². The number of carbonyl (C=O) groups is 2. The molecule has 1 aliphatic carbocycles. The average Bonchev–Trinajstić information content (AvgIpc) is 3.25. The summed E-state index contributed by atoms with van der Waals surface area (Å²) in [6.45, 7) is 1.28. The third-order valence-electron chi connectivity index (χ3n) is 3.48. The second kappa shape index (κ2) is 7.20. The van der Waals surface area contributed by atoms with Crippen molar-refractivity contribution in [1.82, 2.24) is 5.32 Å². The molecule has 0 unspecified atom stereocenters. The van der Waals surface area contributed by atoms with E-state index in [1.807, 2.05) is 6.07 Å². The first kappa shape index (κ1) is 16.1. The molecule has 0 saturated heterocycles. The molecule has 0 aromatic heterocycles. The van der Waals surface area contributed by atoms with Crippen molar-refractivity contribution in [3.05, 3.63) is 23.8 Å². The fourth-order valence-electron chi connectivity index (χ4n) is 2.04. The zero-order valence-corrected chi connectivity index (χ0v) is 13.2. The Balaban J connectivity index is 1.41. The highest BCUT2D eigenvalue weighted by Gasteiger charge is 2.23. The summed E-state index contributed by atoms with van der Waals surface area (Å²) >= 11 is 0. The zero-order valence-electron chi connectivity index (χ0n) is 13.2. The normalized spacial score (nSPS) is 15.8. The predicted molar refractivity (Wildman–Crippen MR) is 82.9 cm³/mol. The zero-order chi connectivity index (χ0) is 16.9. The molecule has 0 spiro atoms. The molecule has 8 nitrogen and oxygen atoms in total. The first-order chi connectivity index (χ1) is 11.6. The number of amides is 1. The van der Waals surface area contributed by atoms with Gasteiger partial charge in [-0.25, -0.2) is 4.79 Å². The summed E-state index contributed by atoms with van der Waals surface area (Å²) in [6.07, 6.45) is 1.97. The van der Waals surface area contributed by atoms with Crippen LogP contribution in [0.5, 0.6) is 11.5 Å². The highest BCUT2D eigenvalue weighted by molar-refractivity contribution is 5.99. The van der Waals surface area contributed by atoms with Gasteiger partial charge in [0.15, 0.2) is 18.1 Å². The molecule has 0 atom stereocenters. The summed E-state index contributed by atoms with van der Waals surface area (Å²) in [5, 5.41) is 6.58. The smallest absolute Gasteiger partial charge is 0.347 e. The monoisotopic (exact) mass is 334 g/mol. The number of rotatable bonds is 7. The second-order valence-electron chi connectivity index (χ2n) is 5.52. The van der Waals surface area contributed by atoms with Gasteiger partial charge in [0.25, 0.3) is 5.91 Å². The minimum absolute atomic E-state index is 0.200. The van der Waals surface area contributed by atoms with Crippen LogP contribution < -0.4 is 14.8 Å². The maximum absolute atomic E-state index is 11.5. The van der Waals surface area contributed by atoms with Crippen LogP contribution in [-0.2, 0) is 19.2 Å². The minimum Gasteiger partial charge on any atom is -0.454 e. The molecule has 1 fully saturated rings. The van der Waals surface area contributed by atoms with Gasteiger partial charge in [0.2, 0.25) is 13.4 Å². The minimum atomic E-state index is -0.650. The largest absolute Gasteiger partial charge is 0.454 e. The van der Waals surface area contributed by atoms with E-state index in [1.165, 1.54) is 0 Å². The van der Waals surface area contributed by atoms with Gasteiger partial charge in [0, 0.05) is 11.6 Å². The van der Waals surface area contributed by atoms with Crippen LogP contribution >= 0.6 is 0 Å². The summed E-state index contributed by atoms with van der Waals surface area (Å²) < 4.78 is 15.3.